The van der Waals surface area contributed by atoms with Crippen LogP contribution in [-0.2, 0) is 6.54 Å². The minimum Gasteiger partial charge on any atom is -0.331 e. The molecule has 1 aromatic heterocycles. The number of nitrogens with zero attached hydrogens (tertiary/aromatic N) is 1. The van der Waals surface area contributed by atoms with Crippen molar-refractivity contribution in [3.05, 3.63) is 34.5 Å². The van der Waals surface area contributed by atoms with Crippen molar-refractivity contribution >= 4 is 28.8 Å². The van der Waals surface area contributed by atoms with Crippen molar-refractivity contribution in [1.29, 1.82) is 0 Å². The van der Waals surface area contributed by atoms with E-state index in [-0.39, 0.29) is 0 Å². The number of para-hydroxylation sites is 1. The van der Waals surface area contributed by atoms with Crippen molar-refractivity contribution in [2.75, 3.05) is 0 Å². The van der Waals surface area contributed by atoms with Crippen LogP contribution in [0.15, 0.2) is 18.2 Å². The van der Waals surface area contributed by atoms with Gasteiger partial charge in [-0.05, 0) is 18.9 Å². The van der Waals surface area contributed by atoms with E-state index in [4.69, 9.17) is 11.6 Å². The second-order valence-corrected chi connectivity index (χ2v) is 4.66. The van der Waals surface area contributed by atoms with Crippen molar-refractivity contribution in [3.8, 4) is 0 Å². The zero-order valence-electron chi connectivity index (χ0n) is 10.2. The Labute approximate surface area is 106 Å². The maximum absolute atomic E-state index is 11.1. The Bertz CT molecular complexity index is 557. The van der Waals surface area contributed by atoms with E-state index in [0.29, 0.717) is 10.7 Å². The molecule has 2 aromatic rings. The average Bonchev–Trinajstić information content (AvgIpc) is 2.60. The van der Waals surface area contributed by atoms with E-state index < -0.39 is 0 Å². The predicted octanol–water partition coefficient (Wildman–Crippen LogP) is 4.22. The Morgan fingerprint density at radius 2 is 2.18 bits per heavy atom. The van der Waals surface area contributed by atoms with E-state index in [0.717, 1.165) is 42.1 Å². The summed E-state index contributed by atoms with van der Waals surface area (Å²) in [5.41, 5.74) is 2.86. The van der Waals surface area contributed by atoms with Crippen LogP contribution < -0.4 is 0 Å². The summed E-state index contributed by atoms with van der Waals surface area (Å²) >= 11 is 6.29. The van der Waals surface area contributed by atoms with Crippen LogP contribution in [0.4, 0.5) is 0 Å². The Morgan fingerprint density at radius 1 is 1.41 bits per heavy atom. The van der Waals surface area contributed by atoms with Crippen LogP contribution in [-0.4, -0.2) is 10.9 Å². The Hall–Kier alpha value is -1.28. The second kappa shape index (κ2) is 4.92. The molecule has 90 valence electrons. The first kappa shape index (κ1) is 12.2. The number of fused-ring (bicyclic) bond motifs is 1. The molecule has 1 aromatic carbocycles. The fourth-order valence-electron chi connectivity index (χ4n) is 2.23. The zero-order chi connectivity index (χ0) is 12.4. The Balaban J connectivity index is 2.71. The lowest BCUT2D eigenvalue weighted by molar-refractivity contribution is 0.112. The number of aromatic nitrogens is 1. The fraction of sp³-hybridized carbons (Fsp3) is 0.357. The molecule has 0 aliphatic heterocycles. The van der Waals surface area contributed by atoms with Gasteiger partial charge in [-0.25, -0.2) is 0 Å². The van der Waals surface area contributed by atoms with Gasteiger partial charge in [0.2, 0.25) is 0 Å². The van der Waals surface area contributed by atoms with Crippen molar-refractivity contribution < 1.29 is 4.79 Å². The summed E-state index contributed by atoms with van der Waals surface area (Å²) in [5, 5.41) is 1.53. The molecule has 0 amide bonds. The van der Waals surface area contributed by atoms with Crippen LogP contribution in [0.3, 0.4) is 0 Å². The molecular formula is C14H16ClNO. The molecule has 2 rings (SSSR count). The van der Waals surface area contributed by atoms with Gasteiger partial charge >= 0.3 is 0 Å². The molecule has 0 N–H and O–H groups in total. The van der Waals surface area contributed by atoms with Crippen molar-refractivity contribution in [2.45, 2.75) is 33.2 Å². The molecule has 17 heavy (non-hydrogen) atoms. The summed E-state index contributed by atoms with van der Waals surface area (Å²) < 4.78 is 2.06. The van der Waals surface area contributed by atoms with E-state index >= 15 is 0 Å². The highest BCUT2D eigenvalue weighted by Crippen LogP contribution is 2.31. The predicted molar refractivity (Wildman–Crippen MR) is 72.0 cm³/mol. The molecule has 0 atom stereocenters. The van der Waals surface area contributed by atoms with Gasteiger partial charge in [-0.3, -0.25) is 4.79 Å². The fourth-order valence-corrected chi connectivity index (χ4v) is 2.54. The summed E-state index contributed by atoms with van der Waals surface area (Å²) in [6, 6.07) is 5.97. The highest BCUT2D eigenvalue weighted by molar-refractivity contribution is 6.34. The largest absolute Gasteiger partial charge is 0.331 e. The number of hydrogen-bond donors (Lipinski definition) is 0. The van der Waals surface area contributed by atoms with Crippen molar-refractivity contribution in [1.82, 2.24) is 4.57 Å². The molecule has 1 heterocycles. The molecule has 3 heteroatoms. The van der Waals surface area contributed by atoms with Gasteiger partial charge in [0.1, 0.15) is 5.15 Å². The zero-order valence-corrected chi connectivity index (χ0v) is 10.9. The van der Waals surface area contributed by atoms with E-state index in [2.05, 4.69) is 24.5 Å². The van der Waals surface area contributed by atoms with Crippen molar-refractivity contribution in [3.63, 3.8) is 0 Å². The normalized spacial score (nSPS) is 11.0. The van der Waals surface area contributed by atoms with Crippen molar-refractivity contribution in [2.24, 2.45) is 0 Å². The molecular weight excluding hydrogens is 234 g/mol. The van der Waals surface area contributed by atoms with Crippen LogP contribution >= 0.6 is 11.6 Å². The minimum absolute atomic E-state index is 0.567. The average molecular weight is 250 g/mol. The number of carbonyl (C=O) groups excluding carboxylic acids is 1. The van der Waals surface area contributed by atoms with Gasteiger partial charge in [0.25, 0.3) is 0 Å². The lowest BCUT2D eigenvalue weighted by Gasteiger charge is -2.07. The van der Waals surface area contributed by atoms with Crippen LogP contribution in [0.5, 0.6) is 0 Å². The van der Waals surface area contributed by atoms with Gasteiger partial charge in [0.15, 0.2) is 6.29 Å². The molecule has 2 nitrogen and oxygen atoms in total. The van der Waals surface area contributed by atoms with Crippen LogP contribution in [0.25, 0.3) is 10.9 Å². The maximum atomic E-state index is 11.1. The first-order valence-corrected chi connectivity index (χ1v) is 6.31. The summed E-state index contributed by atoms with van der Waals surface area (Å²) in [4.78, 5) is 11.1. The summed E-state index contributed by atoms with van der Waals surface area (Å²) in [5.74, 6) is 0. The number of rotatable bonds is 4. The standard InChI is InChI=1S/C14H16ClNO/c1-3-4-8-16-13-10(2)6-5-7-11(13)12(9-17)14(16)15/h5-7,9H,3-4,8H2,1-2H3. The molecule has 0 spiro atoms. The van der Waals surface area contributed by atoms with Crippen LogP contribution in [0.2, 0.25) is 5.15 Å². The van der Waals surface area contributed by atoms with Crippen LogP contribution in [0.1, 0.15) is 35.7 Å². The molecule has 0 unspecified atom stereocenters. The second-order valence-electron chi connectivity index (χ2n) is 4.30. The molecule has 0 fully saturated rings. The summed E-state index contributed by atoms with van der Waals surface area (Å²) in [6.45, 7) is 5.06. The molecule has 0 radical (unpaired) electrons. The van der Waals surface area contributed by atoms with E-state index in [1.54, 1.807) is 0 Å². The number of halogens is 1. The summed E-state index contributed by atoms with van der Waals surface area (Å²) in [6.07, 6.45) is 3.03. The lowest BCUT2D eigenvalue weighted by atomic mass is 10.1. The molecule has 0 aliphatic carbocycles. The third kappa shape index (κ3) is 1.98. The number of aryl methyl sites for hydroxylation is 2. The molecule has 0 saturated carbocycles. The molecule has 0 aliphatic rings. The number of hydrogen-bond acceptors (Lipinski definition) is 1. The topological polar surface area (TPSA) is 22.0 Å². The van der Waals surface area contributed by atoms with Gasteiger partial charge < -0.3 is 4.57 Å². The number of benzene rings is 1. The van der Waals surface area contributed by atoms with Gasteiger partial charge in [-0.15, -0.1) is 0 Å². The number of aldehydes is 1. The first-order chi connectivity index (χ1) is 8.20. The lowest BCUT2D eigenvalue weighted by Crippen LogP contribution is -1.98. The smallest absolute Gasteiger partial charge is 0.153 e. The number of carbonyl (C=O) groups is 1. The monoisotopic (exact) mass is 249 g/mol. The van der Waals surface area contributed by atoms with Gasteiger partial charge in [0.05, 0.1) is 11.1 Å². The SMILES string of the molecule is CCCCn1c(Cl)c(C=O)c2cccc(C)c21. The number of unbranched alkanes of at least 4 members (excludes halogenated alkanes) is 1. The van der Waals surface area contributed by atoms with Gasteiger partial charge in [-0.2, -0.15) is 0 Å². The summed E-state index contributed by atoms with van der Waals surface area (Å²) in [7, 11) is 0. The third-order valence-corrected chi connectivity index (χ3v) is 3.52. The minimum atomic E-state index is 0.567. The van der Waals surface area contributed by atoms with E-state index in [1.165, 1.54) is 0 Å². The quantitative estimate of drug-likeness (QED) is 0.744. The first-order valence-electron chi connectivity index (χ1n) is 5.93. The molecule has 0 saturated heterocycles. The Kier molecular flexibility index (Phi) is 3.53. The van der Waals surface area contributed by atoms with Crippen LogP contribution in [0, 0.1) is 6.92 Å². The van der Waals surface area contributed by atoms with E-state index in [1.807, 2.05) is 12.1 Å². The van der Waals surface area contributed by atoms with Gasteiger partial charge in [-0.1, -0.05) is 43.1 Å². The highest BCUT2D eigenvalue weighted by atomic mass is 35.5. The third-order valence-electron chi connectivity index (χ3n) is 3.11. The van der Waals surface area contributed by atoms with E-state index in [9.17, 15) is 4.79 Å². The molecule has 0 bridgehead atoms. The van der Waals surface area contributed by atoms with Gasteiger partial charge in [0, 0.05) is 11.9 Å². The Morgan fingerprint density at radius 3 is 2.82 bits per heavy atom. The maximum Gasteiger partial charge on any atom is 0.153 e. The highest BCUT2D eigenvalue weighted by Gasteiger charge is 2.15.